The van der Waals surface area contributed by atoms with Gasteiger partial charge in [-0.2, -0.15) is 0 Å². The first-order valence-corrected chi connectivity index (χ1v) is 7.85. The monoisotopic (exact) mass is 259 g/mol. The standard InChI is InChI=1S/C16H25N3/c1-2-4-10-19(11-5-3-1)16-8-9-17-12-14(16)13-18-15-6-7-15/h8-9,12,15,18H,1-7,10-11,13H2. The molecule has 0 amide bonds. The Labute approximate surface area is 116 Å². The van der Waals surface area contributed by atoms with Crippen molar-refractivity contribution in [3.05, 3.63) is 24.0 Å². The van der Waals surface area contributed by atoms with Crippen molar-refractivity contribution in [1.82, 2.24) is 10.3 Å². The minimum Gasteiger partial charge on any atom is -0.371 e. The highest BCUT2D eigenvalue weighted by Gasteiger charge is 2.21. The second-order valence-corrected chi connectivity index (χ2v) is 5.91. The molecule has 1 aliphatic carbocycles. The number of nitrogens with zero attached hydrogens (tertiary/aromatic N) is 2. The molecule has 104 valence electrons. The van der Waals surface area contributed by atoms with Gasteiger partial charge in [0.25, 0.3) is 0 Å². The third-order valence-corrected chi connectivity index (χ3v) is 4.23. The molecule has 2 heterocycles. The van der Waals surface area contributed by atoms with Gasteiger partial charge in [-0.3, -0.25) is 4.98 Å². The van der Waals surface area contributed by atoms with E-state index in [2.05, 4.69) is 21.3 Å². The summed E-state index contributed by atoms with van der Waals surface area (Å²) < 4.78 is 0. The Morgan fingerprint density at radius 3 is 2.58 bits per heavy atom. The number of hydrogen-bond donors (Lipinski definition) is 1. The van der Waals surface area contributed by atoms with Gasteiger partial charge in [-0.05, 0) is 31.7 Å². The van der Waals surface area contributed by atoms with Crippen LogP contribution in [0.15, 0.2) is 18.5 Å². The summed E-state index contributed by atoms with van der Waals surface area (Å²) in [6, 6.07) is 2.96. The molecule has 19 heavy (non-hydrogen) atoms. The summed E-state index contributed by atoms with van der Waals surface area (Å²) >= 11 is 0. The maximum atomic E-state index is 4.31. The van der Waals surface area contributed by atoms with Crippen LogP contribution in [0.1, 0.15) is 50.5 Å². The fraction of sp³-hybridized carbons (Fsp3) is 0.688. The van der Waals surface area contributed by atoms with E-state index in [-0.39, 0.29) is 0 Å². The maximum Gasteiger partial charge on any atom is 0.0442 e. The predicted octanol–water partition coefficient (Wildman–Crippen LogP) is 3.10. The van der Waals surface area contributed by atoms with Crippen molar-refractivity contribution in [2.75, 3.05) is 18.0 Å². The van der Waals surface area contributed by atoms with Crippen LogP contribution in [0.2, 0.25) is 0 Å². The van der Waals surface area contributed by atoms with E-state index in [9.17, 15) is 0 Å². The lowest BCUT2D eigenvalue weighted by molar-refractivity contribution is 0.554. The molecule has 3 nitrogen and oxygen atoms in total. The van der Waals surface area contributed by atoms with Crippen molar-refractivity contribution in [3.8, 4) is 0 Å². The number of anilines is 1. The molecule has 3 rings (SSSR count). The molecule has 1 aromatic rings. The molecule has 1 saturated carbocycles. The maximum absolute atomic E-state index is 4.31. The van der Waals surface area contributed by atoms with Crippen LogP contribution < -0.4 is 10.2 Å². The predicted molar refractivity (Wildman–Crippen MR) is 79.4 cm³/mol. The van der Waals surface area contributed by atoms with Gasteiger partial charge in [0, 0.05) is 49.3 Å². The summed E-state index contributed by atoms with van der Waals surface area (Å²) in [5.41, 5.74) is 2.78. The summed E-state index contributed by atoms with van der Waals surface area (Å²) in [6.07, 6.45) is 13.5. The van der Waals surface area contributed by atoms with Gasteiger partial charge < -0.3 is 10.2 Å². The van der Waals surface area contributed by atoms with Crippen LogP contribution in [0.3, 0.4) is 0 Å². The van der Waals surface area contributed by atoms with Crippen LogP contribution in [0.25, 0.3) is 0 Å². The Kier molecular flexibility index (Phi) is 4.34. The molecule has 0 spiro atoms. The van der Waals surface area contributed by atoms with Crippen LogP contribution in [-0.4, -0.2) is 24.1 Å². The molecular weight excluding hydrogens is 234 g/mol. The van der Waals surface area contributed by atoms with Crippen molar-refractivity contribution in [2.24, 2.45) is 0 Å². The van der Waals surface area contributed by atoms with E-state index in [0.29, 0.717) is 0 Å². The summed E-state index contributed by atoms with van der Waals surface area (Å²) in [7, 11) is 0. The summed E-state index contributed by atoms with van der Waals surface area (Å²) in [4.78, 5) is 6.89. The highest BCUT2D eigenvalue weighted by molar-refractivity contribution is 5.52. The molecule has 0 radical (unpaired) electrons. The molecule has 1 saturated heterocycles. The lowest BCUT2D eigenvalue weighted by Crippen LogP contribution is -2.29. The quantitative estimate of drug-likeness (QED) is 0.900. The molecule has 2 fully saturated rings. The zero-order valence-corrected chi connectivity index (χ0v) is 11.8. The Hall–Kier alpha value is -1.09. The van der Waals surface area contributed by atoms with Gasteiger partial charge in [-0.15, -0.1) is 0 Å². The smallest absolute Gasteiger partial charge is 0.0442 e. The molecule has 1 aliphatic heterocycles. The molecule has 0 aromatic carbocycles. The molecular formula is C16H25N3. The van der Waals surface area contributed by atoms with E-state index in [4.69, 9.17) is 0 Å². The Morgan fingerprint density at radius 1 is 1.11 bits per heavy atom. The van der Waals surface area contributed by atoms with E-state index in [0.717, 1.165) is 12.6 Å². The molecule has 1 aromatic heterocycles. The Morgan fingerprint density at radius 2 is 1.84 bits per heavy atom. The second kappa shape index (κ2) is 6.38. The zero-order valence-electron chi connectivity index (χ0n) is 11.8. The van der Waals surface area contributed by atoms with Crippen LogP contribution in [0.5, 0.6) is 0 Å². The van der Waals surface area contributed by atoms with E-state index < -0.39 is 0 Å². The Bertz CT molecular complexity index is 393. The number of pyridine rings is 1. The first-order chi connectivity index (χ1) is 9.43. The average molecular weight is 259 g/mol. The van der Waals surface area contributed by atoms with E-state index in [1.165, 1.54) is 69.3 Å². The van der Waals surface area contributed by atoms with Gasteiger partial charge in [-0.25, -0.2) is 0 Å². The van der Waals surface area contributed by atoms with Crippen LogP contribution in [0, 0.1) is 0 Å². The van der Waals surface area contributed by atoms with Crippen molar-refractivity contribution < 1.29 is 0 Å². The first kappa shape index (κ1) is 12.9. The van der Waals surface area contributed by atoms with Gasteiger partial charge in [0.1, 0.15) is 0 Å². The molecule has 2 aliphatic rings. The highest BCUT2D eigenvalue weighted by Crippen LogP contribution is 2.24. The molecule has 3 heteroatoms. The lowest BCUT2D eigenvalue weighted by atomic mass is 10.1. The average Bonchev–Trinajstić information content (AvgIpc) is 3.21. The number of hydrogen-bond acceptors (Lipinski definition) is 3. The van der Waals surface area contributed by atoms with Crippen LogP contribution >= 0.6 is 0 Å². The minimum atomic E-state index is 0.764. The van der Waals surface area contributed by atoms with Gasteiger partial charge in [-0.1, -0.05) is 19.3 Å². The van der Waals surface area contributed by atoms with Gasteiger partial charge >= 0.3 is 0 Å². The van der Waals surface area contributed by atoms with E-state index >= 15 is 0 Å². The van der Waals surface area contributed by atoms with Crippen molar-refractivity contribution >= 4 is 5.69 Å². The second-order valence-electron chi connectivity index (χ2n) is 5.91. The number of rotatable bonds is 4. The SMILES string of the molecule is c1cc(N2CCCCCCC2)c(CNC2CC2)cn1. The summed E-state index contributed by atoms with van der Waals surface area (Å²) in [5.74, 6) is 0. The normalized spacial score (nSPS) is 20.9. The lowest BCUT2D eigenvalue weighted by Gasteiger charge is -2.28. The van der Waals surface area contributed by atoms with Crippen LogP contribution in [-0.2, 0) is 6.54 Å². The summed E-state index contributed by atoms with van der Waals surface area (Å²) in [6.45, 7) is 3.39. The number of nitrogens with one attached hydrogen (secondary N) is 1. The van der Waals surface area contributed by atoms with Crippen molar-refractivity contribution in [3.63, 3.8) is 0 Å². The number of aromatic nitrogens is 1. The highest BCUT2D eigenvalue weighted by atomic mass is 15.1. The Balaban J connectivity index is 1.69. The van der Waals surface area contributed by atoms with Crippen LogP contribution in [0.4, 0.5) is 5.69 Å². The third-order valence-electron chi connectivity index (χ3n) is 4.23. The zero-order chi connectivity index (χ0) is 12.9. The van der Waals surface area contributed by atoms with Gasteiger partial charge in [0.05, 0.1) is 0 Å². The van der Waals surface area contributed by atoms with Gasteiger partial charge in [0.2, 0.25) is 0 Å². The van der Waals surface area contributed by atoms with E-state index in [1.807, 2.05) is 12.4 Å². The molecule has 0 unspecified atom stereocenters. The fourth-order valence-corrected chi connectivity index (χ4v) is 2.89. The molecule has 0 atom stereocenters. The third kappa shape index (κ3) is 3.69. The first-order valence-electron chi connectivity index (χ1n) is 7.85. The minimum absolute atomic E-state index is 0.764. The molecule has 0 bridgehead atoms. The van der Waals surface area contributed by atoms with Gasteiger partial charge in [0.15, 0.2) is 0 Å². The van der Waals surface area contributed by atoms with Crippen molar-refractivity contribution in [2.45, 2.75) is 57.5 Å². The largest absolute Gasteiger partial charge is 0.371 e. The summed E-state index contributed by atoms with van der Waals surface area (Å²) in [5, 5.41) is 3.61. The van der Waals surface area contributed by atoms with E-state index in [1.54, 1.807) is 0 Å². The van der Waals surface area contributed by atoms with Crippen molar-refractivity contribution in [1.29, 1.82) is 0 Å². The fourth-order valence-electron chi connectivity index (χ4n) is 2.89. The topological polar surface area (TPSA) is 28.2 Å². The molecule has 1 N–H and O–H groups in total.